The second-order valence-corrected chi connectivity index (χ2v) is 10.0. The second-order valence-electron chi connectivity index (χ2n) is 8.63. The minimum absolute atomic E-state index is 0.0351. The highest BCUT2D eigenvalue weighted by Gasteiger charge is 2.37. The van der Waals surface area contributed by atoms with Crippen molar-refractivity contribution < 1.29 is 9.53 Å². The summed E-state index contributed by atoms with van der Waals surface area (Å²) in [5.41, 5.74) is 5.20. The van der Waals surface area contributed by atoms with Crippen LogP contribution in [-0.4, -0.2) is 58.5 Å². The van der Waals surface area contributed by atoms with Crippen LogP contribution in [0, 0.1) is 5.92 Å². The van der Waals surface area contributed by atoms with Crippen LogP contribution in [0.3, 0.4) is 0 Å². The second kappa shape index (κ2) is 9.01. The number of halogens is 2. The van der Waals surface area contributed by atoms with E-state index in [4.69, 9.17) is 21.3 Å². The Kier molecular flexibility index (Phi) is 6.56. The minimum atomic E-state index is -0.218. The summed E-state index contributed by atoms with van der Waals surface area (Å²) in [4.78, 5) is 21.5. The van der Waals surface area contributed by atoms with Gasteiger partial charge in [0, 0.05) is 36.8 Å². The van der Waals surface area contributed by atoms with Crippen molar-refractivity contribution in [2.24, 2.45) is 5.92 Å². The number of hydrogen-bond acceptors (Lipinski definition) is 4. The number of aromatic nitrogens is 1. The van der Waals surface area contributed by atoms with Crippen molar-refractivity contribution in [3.05, 3.63) is 51.3 Å². The molecule has 0 radical (unpaired) electrons. The molecule has 1 saturated heterocycles. The lowest BCUT2D eigenvalue weighted by molar-refractivity contribution is 0.0511. The van der Waals surface area contributed by atoms with Crippen molar-refractivity contribution in [2.75, 3.05) is 26.2 Å². The molecule has 0 bridgehead atoms. The maximum Gasteiger partial charge on any atom is 0.410 e. The predicted octanol–water partition coefficient (Wildman–Crippen LogP) is 5.10. The fourth-order valence-corrected chi connectivity index (χ4v) is 5.33. The Balaban J connectivity index is 1.64. The quantitative estimate of drug-likeness (QED) is 0.536. The van der Waals surface area contributed by atoms with E-state index in [1.165, 1.54) is 16.7 Å². The smallest absolute Gasteiger partial charge is 0.410 e. The summed E-state index contributed by atoms with van der Waals surface area (Å²) in [5, 5.41) is 0.0351. The van der Waals surface area contributed by atoms with E-state index < -0.39 is 0 Å². The number of carbonyl (C=O) groups is 1. The third-order valence-corrected chi connectivity index (χ3v) is 7.27. The van der Waals surface area contributed by atoms with E-state index in [0.717, 1.165) is 36.1 Å². The maximum absolute atomic E-state index is 12.3. The lowest BCUT2D eigenvalue weighted by Crippen LogP contribution is -2.50. The Bertz CT molecular complexity index is 877. The van der Waals surface area contributed by atoms with E-state index in [0.29, 0.717) is 19.0 Å². The van der Waals surface area contributed by atoms with E-state index in [-0.39, 0.29) is 23.6 Å². The van der Waals surface area contributed by atoms with Crippen LogP contribution in [0.25, 0.3) is 0 Å². The van der Waals surface area contributed by atoms with Crippen LogP contribution in [0.4, 0.5) is 4.79 Å². The summed E-state index contributed by atoms with van der Waals surface area (Å²) in [6.45, 7) is 8.90. The van der Waals surface area contributed by atoms with Gasteiger partial charge in [-0.25, -0.2) is 4.79 Å². The Morgan fingerprint density at radius 2 is 2.00 bits per heavy atom. The molecule has 2 unspecified atom stereocenters. The molecule has 162 valence electrons. The third-order valence-electron chi connectivity index (χ3n) is 6.32. The summed E-state index contributed by atoms with van der Waals surface area (Å²) < 4.78 is 6.40. The first-order valence-corrected chi connectivity index (χ1v) is 12.0. The molecule has 1 fully saturated rings. The Hall–Kier alpha value is -1.37. The molecule has 0 saturated carbocycles. The first-order valence-electron chi connectivity index (χ1n) is 10.7. The number of piperazine rings is 1. The Morgan fingerprint density at radius 1 is 1.27 bits per heavy atom. The standard InChI is InChI=1S/C23H29BrClN3O2/c1-14(2)30-23(29)28-10-8-27(9-11-28)22-19-6-7-20(25)15(3)18(19)5-4-16-12-17(24)13-26-21(16)22/h6-7,12-15,20,22H,4-5,8-11H2,1-3H3/t15?,20?,22-/m1/s1. The largest absolute Gasteiger partial charge is 0.447 e. The summed E-state index contributed by atoms with van der Waals surface area (Å²) in [5.74, 6) is 0.314. The van der Waals surface area contributed by atoms with Gasteiger partial charge >= 0.3 is 6.09 Å². The molecule has 0 aromatic carbocycles. The van der Waals surface area contributed by atoms with Crippen LogP contribution in [0.2, 0.25) is 0 Å². The normalized spacial score (nSPS) is 27.0. The van der Waals surface area contributed by atoms with Crippen molar-refractivity contribution >= 4 is 33.6 Å². The van der Waals surface area contributed by atoms with Crippen LogP contribution >= 0.6 is 27.5 Å². The Labute approximate surface area is 192 Å². The number of amides is 1. The van der Waals surface area contributed by atoms with Crippen LogP contribution in [0.1, 0.15) is 44.5 Å². The number of hydrogen-bond donors (Lipinski definition) is 0. The summed E-state index contributed by atoms with van der Waals surface area (Å²) >= 11 is 10.2. The van der Waals surface area contributed by atoms with Gasteiger partial charge in [0.25, 0.3) is 0 Å². The highest BCUT2D eigenvalue weighted by molar-refractivity contribution is 9.10. The zero-order valence-electron chi connectivity index (χ0n) is 17.8. The maximum atomic E-state index is 12.3. The molecule has 1 aliphatic heterocycles. The molecule has 1 aromatic rings. The lowest BCUT2D eigenvalue weighted by Gasteiger charge is -2.40. The number of nitrogens with zero attached hydrogens (tertiary/aromatic N) is 3. The van der Waals surface area contributed by atoms with E-state index in [2.05, 4.69) is 46.0 Å². The summed E-state index contributed by atoms with van der Waals surface area (Å²) in [7, 11) is 0. The highest BCUT2D eigenvalue weighted by Crippen LogP contribution is 2.43. The Morgan fingerprint density at radius 3 is 2.70 bits per heavy atom. The molecule has 4 rings (SSSR count). The number of allylic oxidation sites excluding steroid dienone is 2. The number of aryl methyl sites for hydroxylation is 1. The van der Waals surface area contributed by atoms with Gasteiger partial charge in [-0.15, -0.1) is 11.6 Å². The van der Waals surface area contributed by atoms with Gasteiger partial charge in [-0.2, -0.15) is 0 Å². The number of fused-ring (bicyclic) bond motifs is 1. The highest BCUT2D eigenvalue weighted by atomic mass is 79.9. The van der Waals surface area contributed by atoms with Gasteiger partial charge in [-0.05, 0) is 65.7 Å². The van der Waals surface area contributed by atoms with Crippen molar-refractivity contribution in [3.63, 3.8) is 0 Å². The van der Waals surface area contributed by atoms with Crippen LogP contribution in [0.15, 0.2) is 40.0 Å². The lowest BCUT2D eigenvalue weighted by atomic mass is 9.83. The SMILES string of the molecule is CC(C)OC(=O)N1CCN([C@@H]2C3=C(CCc4cc(Br)cnc42)C(C)C(Cl)C=C3)CC1. The molecule has 30 heavy (non-hydrogen) atoms. The number of ether oxygens (including phenoxy) is 1. The molecule has 1 amide bonds. The number of pyridine rings is 1. The van der Waals surface area contributed by atoms with Gasteiger partial charge in [-0.3, -0.25) is 9.88 Å². The average molecular weight is 495 g/mol. The molecular formula is C23H29BrClN3O2. The third kappa shape index (κ3) is 4.32. The van der Waals surface area contributed by atoms with Crippen molar-refractivity contribution in [1.29, 1.82) is 0 Å². The van der Waals surface area contributed by atoms with Gasteiger partial charge in [0.15, 0.2) is 0 Å². The number of carbonyl (C=O) groups excluding carboxylic acids is 1. The van der Waals surface area contributed by atoms with E-state index in [1.807, 2.05) is 24.9 Å². The fraction of sp³-hybridized carbons (Fsp3) is 0.565. The molecule has 3 aliphatic rings. The number of rotatable bonds is 2. The molecule has 7 heteroatoms. The van der Waals surface area contributed by atoms with Crippen LogP contribution in [-0.2, 0) is 11.2 Å². The van der Waals surface area contributed by atoms with E-state index in [9.17, 15) is 4.79 Å². The molecule has 1 aromatic heterocycles. The van der Waals surface area contributed by atoms with Crippen molar-refractivity contribution in [2.45, 2.75) is 51.1 Å². The monoisotopic (exact) mass is 493 g/mol. The molecule has 0 spiro atoms. The van der Waals surface area contributed by atoms with Crippen molar-refractivity contribution in [1.82, 2.24) is 14.8 Å². The first-order chi connectivity index (χ1) is 14.3. The molecule has 0 N–H and O–H groups in total. The van der Waals surface area contributed by atoms with Crippen molar-refractivity contribution in [3.8, 4) is 0 Å². The van der Waals surface area contributed by atoms with Gasteiger partial charge < -0.3 is 9.64 Å². The topological polar surface area (TPSA) is 45.7 Å². The molecule has 5 nitrogen and oxygen atoms in total. The van der Waals surface area contributed by atoms with Gasteiger partial charge in [0.05, 0.1) is 23.2 Å². The first kappa shape index (κ1) is 21.8. The zero-order chi connectivity index (χ0) is 21.4. The number of alkyl halides is 1. The summed E-state index contributed by atoms with van der Waals surface area (Å²) in [6, 6.07) is 2.30. The van der Waals surface area contributed by atoms with Crippen LogP contribution < -0.4 is 0 Å². The predicted molar refractivity (Wildman–Crippen MR) is 123 cm³/mol. The fourth-order valence-electron chi connectivity index (χ4n) is 4.73. The average Bonchev–Trinajstić information content (AvgIpc) is 2.87. The van der Waals surface area contributed by atoms with Gasteiger partial charge in [-0.1, -0.05) is 24.6 Å². The molecule has 2 aliphatic carbocycles. The van der Waals surface area contributed by atoms with Crippen LogP contribution in [0.5, 0.6) is 0 Å². The minimum Gasteiger partial charge on any atom is -0.447 e. The molecular weight excluding hydrogens is 466 g/mol. The molecule has 3 atom stereocenters. The summed E-state index contributed by atoms with van der Waals surface area (Å²) in [6.07, 6.45) is 7.90. The molecule has 2 heterocycles. The van der Waals surface area contributed by atoms with Gasteiger partial charge in [0.1, 0.15) is 0 Å². The van der Waals surface area contributed by atoms with E-state index in [1.54, 1.807) is 0 Å². The van der Waals surface area contributed by atoms with Gasteiger partial charge in [0.2, 0.25) is 0 Å². The van der Waals surface area contributed by atoms with E-state index >= 15 is 0 Å². The zero-order valence-corrected chi connectivity index (χ0v) is 20.1.